The summed E-state index contributed by atoms with van der Waals surface area (Å²) in [6.07, 6.45) is 3.74. The van der Waals surface area contributed by atoms with Gasteiger partial charge in [-0.25, -0.2) is 0 Å². The molecular weight excluding hydrogens is 256 g/mol. The van der Waals surface area contributed by atoms with Gasteiger partial charge < -0.3 is 10.2 Å². The summed E-state index contributed by atoms with van der Waals surface area (Å²) in [6.45, 7) is 14.8. The van der Waals surface area contributed by atoms with Crippen molar-refractivity contribution in [3.05, 3.63) is 29.3 Å². The van der Waals surface area contributed by atoms with Crippen LogP contribution in [0.4, 0.5) is 5.69 Å². The summed E-state index contributed by atoms with van der Waals surface area (Å²) in [4.78, 5) is 2.59. The molecule has 1 aliphatic heterocycles. The summed E-state index contributed by atoms with van der Waals surface area (Å²) in [5.74, 6) is 0. The number of anilines is 1. The van der Waals surface area contributed by atoms with Gasteiger partial charge in [0.15, 0.2) is 0 Å². The lowest BCUT2D eigenvalue weighted by molar-refractivity contribution is 0.259. The van der Waals surface area contributed by atoms with Gasteiger partial charge in [0.05, 0.1) is 0 Å². The highest BCUT2D eigenvalue weighted by Crippen LogP contribution is 2.29. The van der Waals surface area contributed by atoms with E-state index in [1.807, 2.05) is 0 Å². The summed E-state index contributed by atoms with van der Waals surface area (Å²) in [7, 11) is 0. The van der Waals surface area contributed by atoms with Crippen LogP contribution < -0.4 is 10.2 Å². The molecule has 1 aromatic rings. The van der Waals surface area contributed by atoms with Crippen LogP contribution in [0.15, 0.2) is 18.2 Å². The van der Waals surface area contributed by atoms with Crippen molar-refractivity contribution in [2.45, 2.75) is 59.9 Å². The molecule has 0 spiro atoms. The minimum Gasteiger partial charge on any atom is -0.371 e. The number of nitrogens with zero attached hydrogens (tertiary/aromatic N) is 1. The molecule has 0 fully saturated rings. The standard InChI is InChI=1S/C19H32N2/c1-6-20-18(19(3,4)5)11-13-21-12-7-8-16-14-15(2)9-10-17(16)21/h9-10,14,18,20H,6-8,11-13H2,1-5H3. The van der Waals surface area contributed by atoms with Gasteiger partial charge in [-0.1, -0.05) is 45.4 Å². The van der Waals surface area contributed by atoms with E-state index in [1.54, 1.807) is 0 Å². The molecule has 1 N–H and O–H groups in total. The van der Waals surface area contributed by atoms with Crippen molar-refractivity contribution in [1.29, 1.82) is 0 Å². The molecule has 0 saturated carbocycles. The van der Waals surface area contributed by atoms with Crippen LogP contribution in [-0.2, 0) is 6.42 Å². The Morgan fingerprint density at radius 2 is 2.05 bits per heavy atom. The molecule has 2 nitrogen and oxygen atoms in total. The molecule has 0 amide bonds. The van der Waals surface area contributed by atoms with E-state index in [1.165, 1.54) is 42.6 Å². The van der Waals surface area contributed by atoms with Crippen molar-refractivity contribution < 1.29 is 0 Å². The smallest absolute Gasteiger partial charge is 0.0398 e. The Bertz CT molecular complexity index is 459. The number of aryl methyl sites for hydroxylation is 2. The average Bonchev–Trinajstić information content (AvgIpc) is 2.41. The predicted octanol–water partition coefficient (Wildman–Crippen LogP) is 4.16. The number of benzene rings is 1. The summed E-state index contributed by atoms with van der Waals surface area (Å²) in [6, 6.07) is 7.53. The van der Waals surface area contributed by atoms with Crippen molar-refractivity contribution >= 4 is 5.69 Å². The Kier molecular flexibility index (Phi) is 5.32. The van der Waals surface area contributed by atoms with Gasteiger partial charge in [-0.05, 0) is 49.8 Å². The van der Waals surface area contributed by atoms with E-state index in [0.29, 0.717) is 11.5 Å². The number of rotatable bonds is 5. The first-order valence-electron chi connectivity index (χ1n) is 8.49. The van der Waals surface area contributed by atoms with E-state index in [0.717, 1.165) is 13.1 Å². The number of hydrogen-bond acceptors (Lipinski definition) is 2. The van der Waals surface area contributed by atoms with Crippen LogP contribution in [0.25, 0.3) is 0 Å². The molecule has 118 valence electrons. The predicted molar refractivity (Wildman–Crippen MR) is 93.2 cm³/mol. The van der Waals surface area contributed by atoms with Gasteiger partial charge in [-0.3, -0.25) is 0 Å². The average molecular weight is 288 g/mol. The van der Waals surface area contributed by atoms with Crippen LogP contribution >= 0.6 is 0 Å². The molecule has 0 saturated heterocycles. The quantitative estimate of drug-likeness (QED) is 0.875. The van der Waals surface area contributed by atoms with Gasteiger partial charge in [-0.15, -0.1) is 0 Å². The maximum Gasteiger partial charge on any atom is 0.0398 e. The van der Waals surface area contributed by atoms with E-state index >= 15 is 0 Å². The highest BCUT2D eigenvalue weighted by molar-refractivity contribution is 5.56. The van der Waals surface area contributed by atoms with Crippen molar-refractivity contribution in [2.24, 2.45) is 5.41 Å². The molecular formula is C19H32N2. The normalized spacial score (nSPS) is 16.7. The monoisotopic (exact) mass is 288 g/mol. The lowest BCUT2D eigenvalue weighted by Crippen LogP contribution is -2.43. The molecule has 1 aromatic carbocycles. The van der Waals surface area contributed by atoms with Gasteiger partial charge in [0.1, 0.15) is 0 Å². The highest BCUT2D eigenvalue weighted by Gasteiger charge is 2.25. The van der Waals surface area contributed by atoms with E-state index in [-0.39, 0.29) is 0 Å². The van der Waals surface area contributed by atoms with Gasteiger partial charge in [0.25, 0.3) is 0 Å². The lowest BCUT2D eigenvalue weighted by Gasteiger charge is -2.36. The summed E-state index contributed by atoms with van der Waals surface area (Å²) >= 11 is 0. The third kappa shape index (κ3) is 4.23. The van der Waals surface area contributed by atoms with Crippen molar-refractivity contribution in [2.75, 3.05) is 24.5 Å². The first-order chi connectivity index (χ1) is 9.91. The second-order valence-electron chi connectivity index (χ2n) is 7.49. The number of nitrogens with one attached hydrogen (secondary N) is 1. The highest BCUT2D eigenvalue weighted by atomic mass is 15.1. The molecule has 1 atom stereocenters. The fourth-order valence-electron chi connectivity index (χ4n) is 3.41. The van der Waals surface area contributed by atoms with E-state index in [4.69, 9.17) is 0 Å². The first-order valence-corrected chi connectivity index (χ1v) is 8.49. The van der Waals surface area contributed by atoms with E-state index < -0.39 is 0 Å². The Balaban J connectivity index is 2.04. The SMILES string of the molecule is CCNC(CCN1CCCc2cc(C)ccc21)C(C)(C)C. The topological polar surface area (TPSA) is 15.3 Å². The van der Waals surface area contributed by atoms with Crippen LogP contribution in [0.1, 0.15) is 51.7 Å². The lowest BCUT2D eigenvalue weighted by atomic mass is 9.84. The van der Waals surface area contributed by atoms with Gasteiger partial charge in [0.2, 0.25) is 0 Å². The summed E-state index contributed by atoms with van der Waals surface area (Å²) < 4.78 is 0. The second kappa shape index (κ2) is 6.83. The molecule has 0 aliphatic carbocycles. The van der Waals surface area contributed by atoms with Crippen LogP contribution in [0, 0.1) is 12.3 Å². The number of fused-ring (bicyclic) bond motifs is 1. The third-order valence-electron chi connectivity index (χ3n) is 4.63. The zero-order chi connectivity index (χ0) is 15.5. The Labute approximate surface area is 130 Å². The number of hydrogen-bond donors (Lipinski definition) is 1. The molecule has 2 heteroatoms. The van der Waals surface area contributed by atoms with Crippen LogP contribution in [0.3, 0.4) is 0 Å². The van der Waals surface area contributed by atoms with Gasteiger partial charge >= 0.3 is 0 Å². The Morgan fingerprint density at radius 1 is 1.29 bits per heavy atom. The Hall–Kier alpha value is -1.02. The molecule has 0 aromatic heterocycles. The molecule has 2 rings (SSSR count). The van der Waals surface area contributed by atoms with E-state index in [2.05, 4.69) is 63.0 Å². The molecule has 21 heavy (non-hydrogen) atoms. The van der Waals surface area contributed by atoms with E-state index in [9.17, 15) is 0 Å². The summed E-state index contributed by atoms with van der Waals surface area (Å²) in [5, 5.41) is 3.67. The van der Waals surface area contributed by atoms with Crippen LogP contribution in [0.5, 0.6) is 0 Å². The van der Waals surface area contributed by atoms with Crippen molar-refractivity contribution in [1.82, 2.24) is 5.32 Å². The third-order valence-corrected chi connectivity index (χ3v) is 4.63. The molecule has 0 bridgehead atoms. The minimum atomic E-state index is 0.321. The van der Waals surface area contributed by atoms with Crippen LogP contribution in [-0.4, -0.2) is 25.7 Å². The Morgan fingerprint density at radius 3 is 2.71 bits per heavy atom. The first kappa shape index (κ1) is 16.4. The van der Waals surface area contributed by atoms with Gasteiger partial charge in [0, 0.05) is 24.8 Å². The largest absolute Gasteiger partial charge is 0.371 e. The maximum atomic E-state index is 3.67. The molecule has 1 unspecified atom stereocenters. The zero-order valence-corrected chi connectivity index (χ0v) is 14.5. The van der Waals surface area contributed by atoms with Crippen LogP contribution in [0.2, 0.25) is 0 Å². The zero-order valence-electron chi connectivity index (χ0n) is 14.5. The van der Waals surface area contributed by atoms with Crippen molar-refractivity contribution in [3.63, 3.8) is 0 Å². The summed E-state index contributed by atoms with van der Waals surface area (Å²) in [5.41, 5.74) is 4.71. The van der Waals surface area contributed by atoms with Crippen molar-refractivity contribution in [3.8, 4) is 0 Å². The fraction of sp³-hybridized carbons (Fsp3) is 0.684. The molecule has 1 heterocycles. The minimum absolute atomic E-state index is 0.321. The molecule has 1 aliphatic rings. The fourth-order valence-corrected chi connectivity index (χ4v) is 3.41. The maximum absolute atomic E-state index is 3.67. The van der Waals surface area contributed by atoms with Gasteiger partial charge in [-0.2, -0.15) is 0 Å². The second-order valence-corrected chi connectivity index (χ2v) is 7.49. The molecule has 0 radical (unpaired) electrons.